The topological polar surface area (TPSA) is 86.1 Å². The summed E-state index contributed by atoms with van der Waals surface area (Å²) in [6, 6.07) is 12.1. The Balaban J connectivity index is 1.56. The van der Waals surface area contributed by atoms with Gasteiger partial charge in [-0.2, -0.15) is 0 Å². The van der Waals surface area contributed by atoms with Crippen LogP contribution in [0.4, 0.5) is 0 Å². The van der Waals surface area contributed by atoms with Crippen LogP contribution < -0.4 is 15.2 Å². The van der Waals surface area contributed by atoms with E-state index in [0.29, 0.717) is 11.8 Å². The van der Waals surface area contributed by atoms with Crippen molar-refractivity contribution in [3.8, 4) is 34.1 Å². The van der Waals surface area contributed by atoms with Crippen molar-refractivity contribution in [2.24, 2.45) is 11.7 Å². The van der Waals surface area contributed by atoms with Crippen LogP contribution in [-0.4, -0.2) is 28.3 Å². The van der Waals surface area contributed by atoms with Crippen LogP contribution >= 0.6 is 0 Å². The molecule has 0 amide bonds. The first-order chi connectivity index (χ1) is 14.2. The van der Waals surface area contributed by atoms with E-state index in [4.69, 9.17) is 25.2 Å². The smallest absolute Gasteiger partial charge is 0.231 e. The number of hydrogen-bond acceptors (Lipinski definition) is 5. The van der Waals surface area contributed by atoms with Crippen LogP contribution in [0.5, 0.6) is 11.5 Å². The van der Waals surface area contributed by atoms with Crippen LogP contribution in [0.15, 0.2) is 36.4 Å². The summed E-state index contributed by atoms with van der Waals surface area (Å²) < 4.78 is 11.1. The lowest BCUT2D eigenvalue weighted by atomic mass is 9.82. The van der Waals surface area contributed by atoms with Crippen LogP contribution in [0.2, 0.25) is 0 Å². The largest absolute Gasteiger partial charge is 0.454 e. The normalized spacial score (nSPS) is 20.8. The highest BCUT2D eigenvalue weighted by Crippen LogP contribution is 2.40. The molecule has 2 aliphatic rings. The molecule has 3 aromatic rings. The Bertz CT molecular complexity index is 1020. The molecular formula is C23H26N4O2. The maximum atomic E-state index is 5.87. The maximum absolute atomic E-state index is 5.87. The molecule has 5 rings (SSSR count). The van der Waals surface area contributed by atoms with Gasteiger partial charge in [0.2, 0.25) is 6.79 Å². The van der Waals surface area contributed by atoms with E-state index >= 15 is 0 Å². The van der Waals surface area contributed by atoms with E-state index in [1.165, 1.54) is 12.8 Å². The fraction of sp³-hybridized carbons (Fsp3) is 0.391. The van der Waals surface area contributed by atoms with Gasteiger partial charge in [0.05, 0.1) is 17.1 Å². The van der Waals surface area contributed by atoms with Gasteiger partial charge in [-0.1, -0.05) is 6.07 Å². The van der Waals surface area contributed by atoms with Crippen molar-refractivity contribution in [1.82, 2.24) is 15.0 Å². The van der Waals surface area contributed by atoms with Crippen LogP contribution in [0, 0.1) is 12.8 Å². The van der Waals surface area contributed by atoms with Gasteiger partial charge in [-0.15, -0.1) is 0 Å². The van der Waals surface area contributed by atoms with Gasteiger partial charge in [0, 0.05) is 17.2 Å². The van der Waals surface area contributed by atoms with E-state index in [2.05, 4.69) is 4.98 Å². The van der Waals surface area contributed by atoms with Gasteiger partial charge in [-0.25, -0.2) is 4.98 Å². The molecule has 150 valence electrons. The third-order valence-electron chi connectivity index (χ3n) is 6.08. The molecule has 0 unspecified atom stereocenters. The highest BCUT2D eigenvalue weighted by Gasteiger charge is 2.26. The summed E-state index contributed by atoms with van der Waals surface area (Å²) >= 11 is 0. The lowest BCUT2D eigenvalue weighted by Gasteiger charge is -2.26. The Morgan fingerprint density at radius 2 is 1.86 bits per heavy atom. The van der Waals surface area contributed by atoms with Gasteiger partial charge in [0.25, 0.3) is 0 Å². The molecule has 3 N–H and O–H groups in total. The minimum absolute atomic E-state index is 0.265. The molecule has 0 atom stereocenters. The molecular weight excluding hydrogens is 364 g/mol. The first-order valence-corrected chi connectivity index (χ1v) is 10.4. The second-order valence-electron chi connectivity index (χ2n) is 8.03. The van der Waals surface area contributed by atoms with Crippen molar-refractivity contribution < 1.29 is 9.47 Å². The fourth-order valence-corrected chi connectivity index (χ4v) is 4.38. The SMILES string of the molecule is Cc1cccc(-c2[nH]c(C3CCC(CN)CC3)nc2-c2ccc3c(c2)OCO3)n1. The zero-order chi connectivity index (χ0) is 19.8. The molecule has 6 heteroatoms. The zero-order valence-electron chi connectivity index (χ0n) is 16.6. The highest BCUT2D eigenvalue weighted by molar-refractivity contribution is 5.78. The number of nitrogens with one attached hydrogen (secondary N) is 1. The molecule has 1 aliphatic heterocycles. The Morgan fingerprint density at radius 3 is 2.66 bits per heavy atom. The molecule has 1 saturated carbocycles. The highest BCUT2D eigenvalue weighted by atomic mass is 16.7. The molecule has 2 aromatic heterocycles. The molecule has 3 heterocycles. The third-order valence-corrected chi connectivity index (χ3v) is 6.08. The van der Waals surface area contributed by atoms with E-state index in [0.717, 1.165) is 65.0 Å². The molecule has 1 aromatic carbocycles. The number of imidazole rings is 1. The van der Waals surface area contributed by atoms with Crippen LogP contribution in [0.3, 0.4) is 0 Å². The van der Waals surface area contributed by atoms with E-state index in [1.54, 1.807) is 0 Å². The number of nitrogens with zero attached hydrogens (tertiary/aromatic N) is 2. The molecule has 1 fully saturated rings. The number of rotatable bonds is 4. The Morgan fingerprint density at radius 1 is 1.03 bits per heavy atom. The predicted molar refractivity (Wildman–Crippen MR) is 112 cm³/mol. The summed E-state index contributed by atoms with van der Waals surface area (Å²) in [5.74, 6) is 3.67. The Hall–Kier alpha value is -2.86. The second-order valence-corrected chi connectivity index (χ2v) is 8.03. The summed E-state index contributed by atoms with van der Waals surface area (Å²) in [5.41, 5.74) is 10.6. The van der Waals surface area contributed by atoms with Gasteiger partial charge < -0.3 is 20.2 Å². The lowest BCUT2D eigenvalue weighted by Crippen LogP contribution is -2.21. The summed E-state index contributed by atoms with van der Waals surface area (Å²) in [5, 5.41) is 0. The molecule has 0 radical (unpaired) electrons. The van der Waals surface area contributed by atoms with Gasteiger partial charge in [-0.05, 0) is 75.4 Å². The van der Waals surface area contributed by atoms with Gasteiger partial charge >= 0.3 is 0 Å². The number of nitrogens with two attached hydrogens (primary N) is 1. The third kappa shape index (κ3) is 3.49. The number of ether oxygens (including phenoxy) is 2. The van der Waals surface area contributed by atoms with Crippen molar-refractivity contribution in [2.45, 2.75) is 38.5 Å². The minimum Gasteiger partial charge on any atom is -0.454 e. The zero-order valence-corrected chi connectivity index (χ0v) is 16.6. The summed E-state index contributed by atoms with van der Waals surface area (Å²) in [7, 11) is 0. The quantitative estimate of drug-likeness (QED) is 0.689. The number of H-pyrrole nitrogens is 1. The Kier molecular flexibility index (Phi) is 4.72. The first-order valence-electron chi connectivity index (χ1n) is 10.4. The molecule has 29 heavy (non-hydrogen) atoms. The van der Waals surface area contributed by atoms with Crippen molar-refractivity contribution >= 4 is 0 Å². The van der Waals surface area contributed by atoms with Gasteiger partial charge in [-0.3, -0.25) is 4.98 Å². The number of hydrogen-bond donors (Lipinski definition) is 2. The minimum atomic E-state index is 0.265. The fourth-order valence-electron chi connectivity index (χ4n) is 4.38. The first kappa shape index (κ1) is 18.2. The number of aromatic nitrogens is 3. The van der Waals surface area contributed by atoms with Crippen molar-refractivity contribution in [3.63, 3.8) is 0 Å². The van der Waals surface area contributed by atoms with Gasteiger partial charge in [0.1, 0.15) is 5.82 Å². The number of aryl methyl sites for hydroxylation is 1. The van der Waals surface area contributed by atoms with Crippen LogP contribution in [0.1, 0.15) is 43.1 Å². The van der Waals surface area contributed by atoms with Crippen molar-refractivity contribution in [3.05, 3.63) is 47.9 Å². The van der Waals surface area contributed by atoms with E-state index in [-0.39, 0.29) is 6.79 Å². The molecule has 0 saturated heterocycles. The number of pyridine rings is 1. The van der Waals surface area contributed by atoms with Crippen LogP contribution in [0.25, 0.3) is 22.6 Å². The average Bonchev–Trinajstić information content (AvgIpc) is 3.40. The average molecular weight is 390 g/mol. The van der Waals surface area contributed by atoms with E-state index in [9.17, 15) is 0 Å². The van der Waals surface area contributed by atoms with E-state index in [1.807, 2.05) is 43.3 Å². The lowest BCUT2D eigenvalue weighted by molar-refractivity contribution is 0.174. The molecule has 6 nitrogen and oxygen atoms in total. The van der Waals surface area contributed by atoms with Crippen molar-refractivity contribution in [2.75, 3.05) is 13.3 Å². The standard InChI is InChI=1S/C23H26N4O2/c1-14-3-2-4-18(25-14)22-21(17-9-10-19-20(11-17)29-13-28-19)26-23(27-22)16-7-5-15(12-24)6-8-16/h2-4,9-11,15-16H,5-8,12-13,24H2,1H3,(H,26,27). The maximum Gasteiger partial charge on any atom is 0.231 e. The van der Waals surface area contributed by atoms with Crippen molar-refractivity contribution in [1.29, 1.82) is 0 Å². The Labute approximate surface area is 170 Å². The number of benzene rings is 1. The number of aromatic amines is 1. The number of fused-ring (bicyclic) bond motifs is 1. The summed E-state index contributed by atoms with van der Waals surface area (Å²) in [6.07, 6.45) is 4.58. The molecule has 0 spiro atoms. The second kappa shape index (κ2) is 7.52. The van der Waals surface area contributed by atoms with E-state index < -0.39 is 0 Å². The summed E-state index contributed by atoms with van der Waals surface area (Å²) in [6.45, 7) is 3.06. The van der Waals surface area contributed by atoms with Crippen LogP contribution in [-0.2, 0) is 0 Å². The predicted octanol–water partition coefficient (Wildman–Crippen LogP) is 4.41. The molecule has 0 bridgehead atoms. The monoisotopic (exact) mass is 390 g/mol. The van der Waals surface area contributed by atoms with Gasteiger partial charge in [0.15, 0.2) is 11.5 Å². The summed E-state index contributed by atoms with van der Waals surface area (Å²) in [4.78, 5) is 13.4. The molecule has 1 aliphatic carbocycles.